The summed E-state index contributed by atoms with van der Waals surface area (Å²) < 4.78 is 0. The van der Waals surface area contributed by atoms with Gasteiger partial charge >= 0.3 is 6.03 Å². The second-order valence-electron chi connectivity index (χ2n) is 15.0. The van der Waals surface area contributed by atoms with Crippen LogP contribution in [0.4, 0.5) is 27.7 Å². The second-order valence-corrected chi connectivity index (χ2v) is 15.4. The number of nitrogens with zero attached hydrogens (tertiary/aromatic N) is 8. The number of rotatable bonds is 7. The van der Waals surface area contributed by atoms with Gasteiger partial charge < -0.3 is 24.9 Å². The SMILES string of the molecule is N#Cc1ccc(N2CCN(C(=O)Nc3ccc(N4CCC(CN5CCN(c6ccc7c(c6)C(=O)N(C6CCC(=O)NC6=O)C7=O)CC5)CC4)nc3)CC2)cc1Cl. The molecule has 5 aliphatic rings. The average Bonchev–Trinajstić information content (AvgIpc) is 3.46. The van der Waals surface area contributed by atoms with Gasteiger partial charge in [0, 0.05) is 89.8 Å². The Morgan fingerprint density at radius 2 is 1.48 bits per heavy atom. The Bertz CT molecular complexity index is 2080. The Labute approximate surface area is 329 Å². The summed E-state index contributed by atoms with van der Waals surface area (Å²) in [5, 5.41) is 14.8. The number of piperazine rings is 2. The van der Waals surface area contributed by atoms with Crippen molar-refractivity contribution in [2.75, 3.05) is 92.0 Å². The molecule has 1 atom stereocenters. The molecule has 15 nitrogen and oxygen atoms in total. The van der Waals surface area contributed by atoms with Crippen LogP contribution in [-0.4, -0.2) is 127 Å². The van der Waals surface area contributed by atoms with E-state index in [1.54, 1.807) is 35.4 Å². The largest absolute Gasteiger partial charge is 0.369 e. The van der Waals surface area contributed by atoms with Crippen LogP contribution in [0.15, 0.2) is 54.7 Å². The molecule has 2 aromatic carbocycles. The topological polar surface area (TPSA) is 166 Å². The first kappa shape index (κ1) is 37.2. The van der Waals surface area contributed by atoms with Crippen molar-refractivity contribution in [2.24, 2.45) is 5.92 Å². The third kappa shape index (κ3) is 7.59. The quantitative estimate of drug-likeness (QED) is 0.338. The molecule has 0 bridgehead atoms. The number of nitrogens with one attached hydrogen (secondary N) is 2. The fraction of sp³-hybridized carbons (Fsp3) is 0.425. The van der Waals surface area contributed by atoms with Crippen molar-refractivity contribution in [3.63, 3.8) is 0 Å². The number of halogens is 1. The molecular weight excluding hydrogens is 736 g/mol. The number of piperidine rings is 2. The zero-order valence-electron chi connectivity index (χ0n) is 31.0. The third-order valence-corrected chi connectivity index (χ3v) is 11.9. The minimum atomic E-state index is -0.973. The molecule has 16 heteroatoms. The summed E-state index contributed by atoms with van der Waals surface area (Å²) in [5.41, 5.74) is 3.52. The number of imide groups is 2. The number of carbonyl (C=O) groups is 5. The average molecular weight is 779 g/mol. The van der Waals surface area contributed by atoms with Crippen LogP contribution in [0, 0.1) is 17.2 Å². The van der Waals surface area contributed by atoms with Crippen LogP contribution >= 0.6 is 11.6 Å². The monoisotopic (exact) mass is 778 g/mol. The van der Waals surface area contributed by atoms with Crippen LogP contribution in [0.25, 0.3) is 0 Å². The summed E-state index contributed by atoms with van der Waals surface area (Å²) in [6.45, 7) is 8.68. The molecule has 56 heavy (non-hydrogen) atoms. The van der Waals surface area contributed by atoms with Crippen LogP contribution in [-0.2, 0) is 9.59 Å². The predicted molar refractivity (Wildman–Crippen MR) is 210 cm³/mol. The first-order chi connectivity index (χ1) is 27.1. The minimum Gasteiger partial charge on any atom is -0.369 e. The van der Waals surface area contributed by atoms with Crippen molar-refractivity contribution in [1.29, 1.82) is 5.26 Å². The maximum Gasteiger partial charge on any atom is 0.322 e. The van der Waals surface area contributed by atoms with Gasteiger partial charge in [-0.05, 0) is 73.7 Å². The van der Waals surface area contributed by atoms with Gasteiger partial charge in [0.25, 0.3) is 11.8 Å². The first-order valence-corrected chi connectivity index (χ1v) is 19.6. The van der Waals surface area contributed by atoms with Crippen molar-refractivity contribution in [1.82, 2.24) is 25.0 Å². The number of hydrogen-bond donors (Lipinski definition) is 2. The minimum absolute atomic E-state index is 0.0909. The smallest absolute Gasteiger partial charge is 0.322 e. The molecule has 290 valence electrons. The fourth-order valence-corrected chi connectivity index (χ4v) is 8.58. The summed E-state index contributed by atoms with van der Waals surface area (Å²) in [6.07, 6.45) is 4.07. The van der Waals surface area contributed by atoms with Crippen molar-refractivity contribution in [2.45, 2.75) is 31.7 Å². The molecule has 4 fully saturated rings. The third-order valence-electron chi connectivity index (χ3n) is 11.6. The summed E-state index contributed by atoms with van der Waals surface area (Å²) in [5.74, 6) is -0.501. The van der Waals surface area contributed by atoms with E-state index in [1.807, 2.05) is 24.3 Å². The van der Waals surface area contributed by atoms with E-state index in [2.05, 4.69) is 41.3 Å². The molecule has 1 aromatic heterocycles. The lowest BCUT2D eigenvalue weighted by atomic mass is 9.96. The molecule has 0 aliphatic carbocycles. The second kappa shape index (κ2) is 15.8. The van der Waals surface area contributed by atoms with E-state index < -0.39 is 29.7 Å². The normalized spacial score (nSPS) is 20.9. The Kier molecular flexibility index (Phi) is 10.5. The van der Waals surface area contributed by atoms with Gasteiger partial charge in [-0.25, -0.2) is 9.78 Å². The number of urea groups is 1. The first-order valence-electron chi connectivity index (χ1n) is 19.2. The number of fused-ring (bicyclic) bond motifs is 1. The molecule has 3 aromatic rings. The van der Waals surface area contributed by atoms with E-state index >= 15 is 0 Å². The highest BCUT2D eigenvalue weighted by Gasteiger charge is 2.45. The molecule has 2 N–H and O–H groups in total. The lowest BCUT2D eigenvalue weighted by Crippen LogP contribution is -2.54. The van der Waals surface area contributed by atoms with Crippen molar-refractivity contribution in [3.05, 3.63) is 76.4 Å². The number of amides is 6. The molecule has 4 saturated heterocycles. The van der Waals surface area contributed by atoms with Crippen LogP contribution < -0.4 is 25.3 Å². The number of pyridine rings is 1. The van der Waals surface area contributed by atoms with E-state index in [1.165, 1.54) is 0 Å². The van der Waals surface area contributed by atoms with Crippen LogP contribution in [0.1, 0.15) is 52.0 Å². The highest BCUT2D eigenvalue weighted by atomic mass is 35.5. The maximum atomic E-state index is 13.3. The number of nitriles is 1. The van der Waals surface area contributed by atoms with Crippen LogP contribution in [0.5, 0.6) is 0 Å². The van der Waals surface area contributed by atoms with E-state index in [4.69, 9.17) is 16.9 Å². The molecule has 6 amide bonds. The highest BCUT2D eigenvalue weighted by Crippen LogP contribution is 2.32. The number of hydrogen-bond acceptors (Lipinski definition) is 11. The standard InChI is InChI=1S/C40H43ClN10O5/c41-33-22-30(3-1-27(33)23-42)48-17-19-50(20-18-48)40(56)44-28-2-7-35(43-24-28)49-11-9-26(10-12-49)25-46-13-15-47(16-14-46)29-4-5-31-32(21-29)39(55)51(38(31)54)34-6-8-36(52)45-37(34)53/h1-5,7,21-22,24,26,34H,6,8-20,25H2,(H,44,56)(H,45,52,53). The van der Waals surface area contributed by atoms with E-state index in [0.717, 1.165) is 80.7 Å². The molecule has 5 aliphatic heterocycles. The molecule has 0 radical (unpaired) electrons. The van der Waals surface area contributed by atoms with Gasteiger partial charge in [0.1, 0.15) is 17.9 Å². The molecule has 8 rings (SSSR count). The van der Waals surface area contributed by atoms with Gasteiger partial charge in [-0.2, -0.15) is 5.26 Å². The van der Waals surface area contributed by atoms with Crippen molar-refractivity contribution >= 4 is 64.1 Å². The van der Waals surface area contributed by atoms with Crippen LogP contribution in [0.2, 0.25) is 5.02 Å². The number of carbonyl (C=O) groups excluding carboxylic acids is 5. The lowest BCUT2D eigenvalue weighted by molar-refractivity contribution is -0.136. The van der Waals surface area contributed by atoms with Gasteiger partial charge in [-0.3, -0.25) is 34.3 Å². The fourth-order valence-electron chi connectivity index (χ4n) is 8.36. The molecule has 0 saturated carbocycles. The maximum absolute atomic E-state index is 13.3. The summed E-state index contributed by atoms with van der Waals surface area (Å²) >= 11 is 6.22. The van der Waals surface area contributed by atoms with Gasteiger partial charge in [0.05, 0.1) is 33.6 Å². The van der Waals surface area contributed by atoms with Crippen molar-refractivity contribution < 1.29 is 24.0 Å². The molecule has 0 spiro atoms. The predicted octanol–water partition coefficient (Wildman–Crippen LogP) is 3.40. The Morgan fingerprint density at radius 1 is 0.804 bits per heavy atom. The summed E-state index contributed by atoms with van der Waals surface area (Å²) in [7, 11) is 0. The lowest BCUT2D eigenvalue weighted by Gasteiger charge is -2.40. The number of anilines is 4. The number of benzene rings is 2. The number of aromatic nitrogens is 1. The van der Waals surface area contributed by atoms with E-state index in [0.29, 0.717) is 59.5 Å². The Hall–Kier alpha value is -5.72. The summed E-state index contributed by atoms with van der Waals surface area (Å²) in [4.78, 5) is 80.1. The van der Waals surface area contributed by atoms with Gasteiger partial charge in [0.15, 0.2) is 0 Å². The molecule has 6 heterocycles. The van der Waals surface area contributed by atoms with E-state index in [-0.39, 0.29) is 18.9 Å². The van der Waals surface area contributed by atoms with Crippen LogP contribution in [0.3, 0.4) is 0 Å². The Morgan fingerprint density at radius 3 is 2.14 bits per heavy atom. The Balaban J connectivity index is 0.762. The highest BCUT2D eigenvalue weighted by molar-refractivity contribution is 6.32. The molecule has 1 unspecified atom stereocenters. The van der Waals surface area contributed by atoms with Gasteiger partial charge in [0.2, 0.25) is 11.8 Å². The molecular formula is C40H43ClN10O5. The van der Waals surface area contributed by atoms with Gasteiger partial charge in [-0.1, -0.05) is 11.6 Å². The zero-order valence-corrected chi connectivity index (χ0v) is 31.7. The van der Waals surface area contributed by atoms with Gasteiger partial charge in [-0.15, -0.1) is 0 Å². The zero-order chi connectivity index (χ0) is 38.9. The van der Waals surface area contributed by atoms with Crippen molar-refractivity contribution in [3.8, 4) is 6.07 Å². The van der Waals surface area contributed by atoms with E-state index in [9.17, 15) is 24.0 Å². The summed E-state index contributed by atoms with van der Waals surface area (Å²) in [6, 6.07) is 15.5.